The summed E-state index contributed by atoms with van der Waals surface area (Å²) in [6.45, 7) is 2.51. The van der Waals surface area contributed by atoms with Gasteiger partial charge >= 0.3 is 0 Å². The third-order valence-electron chi connectivity index (χ3n) is 4.20. The molecule has 0 saturated heterocycles. The molecule has 4 rings (SSSR count). The van der Waals surface area contributed by atoms with Gasteiger partial charge in [-0.3, -0.25) is 4.79 Å². The van der Waals surface area contributed by atoms with E-state index in [1.54, 1.807) is 36.8 Å². The summed E-state index contributed by atoms with van der Waals surface area (Å²) in [5.41, 5.74) is 2.70. The Morgan fingerprint density at radius 3 is 2.93 bits per heavy atom. The fraction of sp³-hybridized carbons (Fsp3) is 0.150. The Hall–Kier alpha value is -3.19. The lowest BCUT2D eigenvalue weighted by Crippen LogP contribution is -2.13. The van der Waals surface area contributed by atoms with Crippen LogP contribution in [-0.2, 0) is 6.54 Å². The molecule has 4 aromatic rings. The monoisotopic (exact) mass is 378 g/mol. The van der Waals surface area contributed by atoms with Crippen molar-refractivity contribution >= 4 is 34.0 Å². The first kappa shape index (κ1) is 17.2. The molecule has 0 fully saturated rings. The fourth-order valence-corrected chi connectivity index (χ4v) is 3.61. The Balaban J connectivity index is 1.68. The van der Waals surface area contributed by atoms with Gasteiger partial charge in [-0.05, 0) is 36.6 Å². The van der Waals surface area contributed by atoms with Crippen molar-refractivity contribution in [2.24, 2.45) is 0 Å². The average molecular weight is 378 g/mol. The summed E-state index contributed by atoms with van der Waals surface area (Å²) >= 11 is 1.67. The summed E-state index contributed by atoms with van der Waals surface area (Å²) in [4.78, 5) is 18.7. The summed E-state index contributed by atoms with van der Waals surface area (Å²) in [7, 11) is 1.60. The van der Waals surface area contributed by atoms with Crippen LogP contribution in [0.4, 0.5) is 5.69 Å². The third kappa shape index (κ3) is 3.54. The zero-order chi connectivity index (χ0) is 18.8. The molecule has 1 aromatic carbocycles. The molecule has 0 atom stereocenters. The van der Waals surface area contributed by atoms with Crippen molar-refractivity contribution < 1.29 is 9.53 Å². The smallest absolute Gasteiger partial charge is 0.256 e. The van der Waals surface area contributed by atoms with Crippen molar-refractivity contribution in [3.8, 4) is 5.75 Å². The number of benzene rings is 1. The van der Waals surface area contributed by atoms with E-state index in [2.05, 4.69) is 21.5 Å². The summed E-state index contributed by atoms with van der Waals surface area (Å²) in [6, 6.07) is 13.1. The van der Waals surface area contributed by atoms with Crippen LogP contribution >= 0.6 is 11.3 Å². The van der Waals surface area contributed by atoms with Gasteiger partial charge in [-0.2, -0.15) is 5.10 Å². The van der Waals surface area contributed by atoms with Gasteiger partial charge in [-0.25, -0.2) is 9.67 Å². The Morgan fingerprint density at radius 2 is 2.15 bits per heavy atom. The van der Waals surface area contributed by atoms with Crippen LogP contribution in [0.2, 0.25) is 0 Å². The molecule has 1 amide bonds. The van der Waals surface area contributed by atoms with Gasteiger partial charge in [0.15, 0.2) is 5.65 Å². The lowest BCUT2D eigenvalue weighted by molar-refractivity contribution is 0.102. The minimum atomic E-state index is -0.200. The van der Waals surface area contributed by atoms with Gasteiger partial charge < -0.3 is 10.1 Å². The molecule has 6 nitrogen and oxygen atoms in total. The second-order valence-corrected chi connectivity index (χ2v) is 7.15. The lowest BCUT2D eigenvalue weighted by atomic mass is 10.1. The molecule has 7 heteroatoms. The van der Waals surface area contributed by atoms with Gasteiger partial charge in [0.2, 0.25) is 0 Å². The third-order valence-corrected chi connectivity index (χ3v) is 5.06. The number of rotatable bonds is 5. The van der Waals surface area contributed by atoms with Crippen molar-refractivity contribution in [3.05, 3.63) is 70.2 Å². The number of carbonyl (C=O) groups is 1. The molecule has 136 valence electrons. The predicted octanol–water partition coefficient (Wildman–Crippen LogP) is 4.11. The molecular weight excluding hydrogens is 360 g/mol. The Labute approximate surface area is 160 Å². The van der Waals surface area contributed by atoms with Crippen LogP contribution in [0.5, 0.6) is 5.75 Å². The highest BCUT2D eigenvalue weighted by Gasteiger charge is 2.16. The largest absolute Gasteiger partial charge is 0.497 e. The number of carbonyl (C=O) groups excluding carboxylic acids is 1. The zero-order valence-electron chi connectivity index (χ0n) is 15.0. The molecule has 27 heavy (non-hydrogen) atoms. The standard InChI is InChI=1S/C20H18N4O2S/c1-13-9-17(20(25)23-14-5-3-6-15(10-14)26-2)18-11-21-24(19(18)22-13)12-16-7-4-8-27-16/h3-11H,12H2,1-2H3,(H,23,25). The van der Waals surface area contributed by atoms with Crippen molar-refractivity contribution in [1.29, 1.82) is 0 Å². The number of fused-ring (bicyclic) bond motifs is 1. The van der Waals surface area contributed by atoms with Gasteiger partial charge in [-0.15, -0.1) is 11.3 Å². The van der Waals surface area contributed by atoms with E-state index in [0.29, 0.717) is 29.2 Å². The number of aromatic nitrogens is 3. The van der Waals surface area contributed by atoms with E-state index in [9.17, 15) is 4.79 Å². The van der Waals surface area contributed by atoms with Gasteiger partial charge in [0.25, 0.3) is 5.91 Å². The Kier molecular flexibility index (Phi) is 4.60. The number of methoxy groups -OCH3 is 1. The van der Waals surface area contributed by atoms with Crippen molar-refractivity contribution in [1.82, 2.24) is 14.8 Å². The van der Waals surface area contributed by atoms with Crippen LogP contribution in [0.25, 0.3) is 11.0 Å². The van der Waals surface area contributed by atoms with Crippen LogP contribution in [0.3, 0.4) is 0 Å². The maximum atomic E-state index is 12.9. The van der Waals surface area contributed by atoms with E-state index in [0.717, 1.165) is 11.1 Å². The molecule has 0 unspecified atom stereocenters. The summed E-state index contributed by atoms with van der Waals surface area (Å²) in [6.07, 6.45) is 1.70. The van der Waals surface area contributed by atoms with E-state index in [1.807, 2.05) is 41.3 Å². The van der Waals surface area contributed by atoms with Gasteiger partial charge in [-0.1, -0.05) is 12.1 Å². The normalized spacial score (nSPS) is 10.9. The van der Waals surface area contributed by atoms with Gasteiger partial charge in [0.1, 0.15) is 5.75 Å². The molecule has 1 N–H and O–H groups in total. The van der Waals surface area contributed by atoms with E-state index in [4.69, 9.17) is 4.74 Å². The topological polar surface area (TPSA) is 69.0 Å². The molecule has 3 aromatic heterocycles. The molecule has 0 saturated carbocycles. The highest BCUT2D eigenvalue weighted by Crippen LogP contribution is 2.23. The second-order valence-electron chi connectivity index (χ2n) is 6.12. The first-order valence-corrected chi connectivity index (χ1v) is 9.33. The van der Waals surface area contributed by atoms with Crippen LogP contribution in [-0.4, -0.2) is 27.8 Å². The number of pyridine rings is 1. The highest BCUT2D eigenvalue weighted by atomic mass is 32.1. The number of aryl methyl sites for hydroxylation is 1. The number of amides is 1. The summed E-state index contributed by atoms with van der Waals surface area (Å²) in [5.74, 6) is 0.488. The van der Waals surface area contributed by atoms with Crippen molar-refractivity contribution in [3.63, 3.8) is 0 Å². The van der Waals surface area contributed by atoms with Crippen molar-refractivity contribution in [2.45, 2.75) is 13.5 Å². The first-order chi connectivity index (χ1) is 13.1. The lowest BCUT2D eigenvalue weighted by Gasteiger charge is -2.09. The van der Waals surface area contributed by atoms with E-state index in [1.165, 1.54) is 4.88 Å². The molecule has 0 aliphatic heterocycles. The second kappa shape index (κ2) is 7.20. The molecule has 0 aliphatic rings. The number of nitrogens with zero attached hydrogens (tertiary/aromatic N) is 3. The number of hydrogen-bond donors (Lipinski definition) is 1. The summed E-state index contributed by atoms with van der Waals surface area (Å²) < 4.78 is 7.04. The first-order valence-electron chi connectivity index (χ1n) is 8.45. The average Bonchev–Trinajstić information content (AvgIpc) is 3.32. The molecule has 3 heterocycles. The Morgan fingerprint density at radius 1 is 1.26 bits per heavy atom. The summed E-state index contributed by atoms with van der Waals surface area (Å²) in [5, 5.41) is 10.1. The quantitative estimate of drug-likeness (QED) is 0.567. The van der Waals surface area contributed by atoms with Crippen LogP contribution in [0, 0.1) is 6.92 Å². The minimum absolute atomic E-state index is 0.200. The fourth-order valence-electron chi connectivity index (χ4n) is 2.93. The van der Waals surface area contributed by atoms with Gasteiger partial charge in [0.05, 0.1) is 30.8 Å². The molecule has 0 bridgehead atoms. The van der Waals surface area contributed by atoms with E-state index < -0.39 is 0 Å². The molecule has 0 aliphatic carbocycles. The number of ether oxygens (including phenoxy) is 1. The maximum absolute atomic E-state index is 12.9. The SMILES string of the molecule is COc1cccc(NC(=O)c2cc(C)nc3c2cnn3Cc2cccs2)c1. The number of thiophene rings is 1. The van der Waals surface area contributed by atoms with Crippen LogP contribution < -0.4 is 10.1 Å². The molecule has 0 spiro atoms. The molecular formula is C20H18N4O2S. The number of nitrogens with one attached hydrogen (secondary N) is 1. The predicted molar refractivity (Wildman–Crippen MR) is 107 cm³/mol. The highest BCUT2D eigenvalue weighted by molar-refractivity contribution is 7.09. The van der Waals surface area contributed by atoms with Crippen LogP contribution in [0.1, 0.15) is 20.9 Å². The maximum Gasteiger partial charge on any atom is 0.256 e. The molecule has 0 radical (unpaired) electrons. The number of hydrogen-bond acceptors (Lipinski definition) is 5. The van der Waals surface area contributed by atoms with E-state index >= 15 is 0 Å². The number of anilines is 1. The van der Waals surface area contributed by atoms with Crippen LogP contribution in [0.15, 0.2) is 54.0 Å². The van der Waals surface area contributed by atoms with E-state index in [-0.39, 0.29) is 5.91 Å². The zero-order valence-corrected chi connectivity index (χ0v) is 15.8. The van der Waals surface area contributed by atoms with Crippen molar-refractivity contribution in [2.75, 3.05) is 12.4 Å². The Bertz CT molecular complexity index is 1100. The minimum Gasteiger partial charge on any atom is -0.497 e. The van der Waals surface area contributed by atoms with Gasteiger partial charge in [0, 0.05) is 22.3 Å².